The summed E-state index contributed by atoms with van der Waals surface area (Å²) in [4.78, 5) is 0. The van der Waals surface area contributed by atoms with Crippen molar-refractivity contribution >= 4 is 0 Å². The second-order valence-electron chi connectivity index (χ2n) is 12.4. The topological polar surface area (TPSA) is 20.2 Å². The first-order chi connectivity index (χ1) is 14.2. The number of hydrogen-bond acceptors (Lipinski definition) is 1. The van der Waals surface area contributed by atoms with Crippen molar-refractivity contribution in [1.82, 2.24) is 0 Å². The number of aliphatic hydroxyl groups excluding tert-OH is 1. The van der Waals surface area contributed by atoms with Gasteiger partial charge in [0, 0.05) is 0 Å². The van der Waals surface area contributed by atoms with Crippen LogP contribution in [0.2, 0.25) is 0 Å². The summed E-state index contributed by atoms with van der Waals surface area (Å²) in [6.45, 7) is 16.6. The van der Waals surface area contributed by atoms with Gasteiger partial charge in [-0.15, -0.1) is 0 Å². The van der Waals surface area contributed by atoms with E-state index in [1.807, 2.05) is 0 Å². The molecule has 3 saturated carbocycles. The highest BCUT2D eigenvalue weighted by molar-refractivity contribution is 5.25. The summed E-state index contributed by atoms with van der Waals surface area (Å²) in [5, 5.41) is 10.2. The minimum absolute atomic E-state index is 0.0856. The van der Waals surface area contributed by atoms with Crippen LogP contribution in [-0.2, 0) is 0 Å². The molecule has 0 aromatic rings. The smallest absolute Gasteiger partial charge is 0.0577 e. The Balaban J connectivity index is 1.48. The standard InChI is InChI=1S/C29H48O/c1-7-21(19(2)3)9-8-20(4)25-12-13-26-24-11-10-22-18-23(30)14-16-28(22,5)27(24)15-17-29(25,26)6/h10,20-21,23-27,30H,2,7-9,11-18H2,1,3-6H3/t20-,21+,23+,24+,25-,26+,27+,28+,29-/m1/s1/i3+1. The van der Waals surface area contributed by atoms with E-state index in [-0.39, 0.29) is 6.10 Å². The van der Waals surface area contributed by atoms with Gasteiger partial charge in [0.15, 0.2) is 0 Å². The van der Waals surface area contributed by atoms with Crippen molar-refractivity contribution in [2.24, 2.45) is 46.3 Å². The van der Waals surface area contributed by atoms with Crippen LogP contribution in [-0.4, -0.2) is 11.2 Å². The Morgan fingerprint density at radius 2 is 1.90 bits per heavy atom. The molecule has 0 aromatic carbocycles. The van der Waals surface area contributed by atoms with Crippen LogP contribution in [0.15, 0.2) is 23.8 Å². The fourth-order valence-corrected chi connectivity index (χ4v) is 9.08. The fraction of sp³-hybridized carbons (Fsp3) is 0.862. The Morgan fingerprint density at radius 1 is 1.13 bits per heavy atom. The molecule has 0 unspecified atom stereocenters. The van der Waals surface area contributed by atoms with Crippen LogP contribution >= 0.6 is 0 Å². The van der Waals surface area contributed by atoms with Gasteiger partial charge in [0.1, 0.15) is 0 Å². The molecule has 0 saturated heterocycles. The van der Waals surface area contributed by atoms with E-state index in [9.17, 15) is 5.11 Å². The van der Waals surface area contributed by atoms with Gasteiger partial charge in [-0.25, -0.2) is 0 Å². The molecule has 0 aliphatic heterocycles. The van der Waals surface area contributed by atoms with Crippen molar-refractivity contribution in [3.8, 4) is 0 Å². The van der Waals surface area contributed by atoms with Gasteiger partial charge in [-0.1, -0.05) is 51.5 Å². The molecule has 0 bridgehead atoms. The molecule has 30 heavy (non-hydrogen) atoms. The van der Waals surface area contributed by atoms with Crippen LogP contribution in [0.25, 0.3) is 0 Å². The first-order valence-corrected chi connectivity index (χ1v) is 13.2. The second-order valence-corrected chi connectivity index (χ2v) is 12.4. The summed E-state index contributed by atoms with van der Waals surface area (Å²) in [5.74, 6) is 5.16. The van der Waals surface area contributed by atoms with Gasteiger partial charge in [-0.2, -0.15) is 0 Å². The summed E-state index contributed by atoms with van der Waals surface area (Å²) in [7, 11) is 0. The molecular weight excluding hydrogens is 365 g/mol. The molecular formula is C29H48O. The van der Waals surface area contributed by atoms with Crippen molar-refractivity contribution in [3.63, 3.8) is 0 Å². The zero-order valence-corrected chi connectivity index (χ0v) is 20.6. The summed E-state index contributed by atoms with van der Waals surface area (Å²) < 4.78 is 0. The largest absolute Gasteiger partial charge is 0.393 e. The average Bonchev–Trinajstić information content (AvgIpc) is 3.06. The van der Waals surface area contributed by atoms with Gasteiger partial charge < -0.3 is 5.11 Å². The van der Waals surface area contributed by atoms with Crippen molar-refractivity contribution < 1.29 is 5.11 Å². The number of hydrogen-bond donors (Lipinski definition) is 1. The first-order valence-electron chi connectivity index (χ1n) is 13.2. The second kappa shape index (κ2) is 8.42. The summed E-state index contributed by atoms with van der Waals surface area (Å²) in [6, 6.07) is 0. The Kier molecular flexibility index (Phi) is 6.35. The van der Waals surface area contributed by atoms with E-state index in [2.05, 4.69) is 47.3 Å². The lowest BCUT2D eigenvalue weighted by atomic mass is 9.47. The number of aliphatic hydroxyl groups is 1. The van der Waals surface area contributed by atoms with E-state index in [1.165, 1.54) is 63.4 Å². The van der Waals surface area contributed by atoms with E-state index in [0.29, 0.717) is 10.8 Å². The normalized spacial score (nSPS) is 45.0. The lowest BCUT2D eigenvalue weighted by Gasteiger charge is -2.58. The highest BCUT2D eigenvalue weighted by atomic mass is 16.3. The molecule has 0 radical (unpaired) electrons. The molecule has 3 fully saturated rings. The number of fused-ring (bicyclic) bond motifs is 5. The van der Waals surface area contributed by atoms with Gasteiger partial charge in [0.25, 0.3) is 0 Å². The van der Waals surface area contributed by atoms with Gasteiger partial charge >= 0.3 is 0 Å². The Hall–Kier alpha value is -0.560. The van der Waals surface area contributed by atoms with Gasteiger partial charge in [-0.3, -0.25) is 0 Å². The Labute approximate surface area is 186 Å². The summed E-state index contributed by atoms with van der Waals surface area (Å²) in [5.41, 5.74) is 3.93. The van der Waals surface area contributed by atoms with E-state index < -0.39 is 0 Å². The van der Waals surface area contributed by atoms with Crippen LogP contribution in [0.3, 0.4) is 0 Å². The predicted molar refractivity (Wildman–Crippen MR) is 128 cm³/mol. The van der Waals surface area contributed by atoms with E-state index in [4.69, 9.17) is 0 Å². The zero-order chi connectivity index (χ0) is 21.7. The molecule has 4 aliphatic rings. The third-order valence-electron chi connectivity index (χ3n) is 11.0. The third kappa shape index (κ3) is 3.66. The third-order valence-corrected chi connectivity index (χ3v) is 11.0. The molecule has 1 heteroatoms. The summed E-state index contributed by atoms with van der Waals surface area (Å²) in [6.07, 6.45) is 16.7. The zero-order valence-electron chi connectivity index (χ0n) is 20.6. The maximum Gasteiger partial charge on any atom is 0.0577 e. The van der Waals surface area contributed by atoms with Crippen molar-refractivity contribution in [3.05, 3.63) is 23.8 Å². The average molecular weight is 414 g/mol. The molecule has 1 nitrogen and oxygen atoms in total. The lowest BCUT2D eigenvalue weighted by Crippen LogP contribution is -2.50. The highest BCUT2D eigenvalue weighted by Gasteiger charge is 2.59. The summed E-state index contributed by atoms with van der Waals surface area (Å²) >= 11 is 0. The van der Waals surface area contributed by atoms with Crippen LogP contribution in [0, 0.1) is 46.3 Å². The molecule has 4 rings (SSSR count). The first kappa shape index (κ1) is 22.6. The van der Waals surface area contributed by atoms with Crippen molar-refractivity contribution in [2.75, 3.05) is 0 Å². The minimum Gasteiger partial charge on any atom is -0.393 e. The van der Waals surface area contributed by atoms with Crippen LogP contribution < -0.4 is 0 Å². The van der Waals surface area contributed by atoms with Crippen molar-refractivity contribution in [1.29, 1.82) is 0 Å². The fourth-order valence-electron chi connectivity index (χ4n) is 9.08. The molecule has 0 heterocycles. The minimum atomic E-state index is -0.0856. The quantitative estimate of drug-likeness (QED) is 0.346. The molecule has 9 atom stereocenters. The SMILES string of the molecule is C=C([13CH3])[C@@H](CC)CC[C@@H](C)[C@H]1CC[C@H]2[C@@H]3CC=C4C[C@@H](O)CC[C@]4(C)[C@H]3CC[C@]12C. The molecule has 0 aromatic heterocycles. The number of allylic oxidation sites excluding steroid dienone is 2. The molecule has 1 N–H and O–H groups in total. The van der Waals surface area contributed by atoms with E-state index in [0.717, 1.165) is 48.3 Å². The molecule has 4 aliphatic carbocycles. The number of rotatable bonds is 6. The van der Waals surface area contributed by atoms with Gasteiger partial charge in [0.05, 0.1) is 6.10 Å². The van der Waals surface area contributed by atoms with Gasteiger partial charge in [-0.05, 0) is 124 Å². The Bertz CT molecular complexity index is 676. The molecule has 0 spiro atoms. The van der Waals surface area contributed by atoms with Gasteiger partial charge in [0.2, 0.25) is 0 Å². The predicted octanol–water partition coefficient (Wildman–Crippen LogP) is 7.94. The van der Waals surface area contributed by atoms with Crippen LogP contribution in [0.5, 0.6) is 0 Å². The van der Waals surface area contributed by atoms with E-state index in [1.54, 1.807) is 5.57 Å². The monoisotopic (exact) mass is 413 g/mol. The maximum atomic E-state index is 10.2. The maximum absolute atomic E-state index is 10.2. The molecule has 170 valence electrons. The van der Waals surface area contributed by atoms with Crippen LogP contribution in [0.4, 0.5) is 0 Å². The van der Waals surface area contributed by atoms with E-state index >= 15 is 0 Å². The van der Waals surface area contributed by atoms with Crippen molar-refractivity contribution in [2.45, 2.75) is 111 Å². The molecule has 0 amide bonds. The van der Waals surface area contributed by atoms with Crippen LogP contribution in [0.1, 0.15) is 105 Å². The Morgan fingerprint density at radius 3 is 2.60 bits per heavy atom. The lowest BCUT2D eigenvalue weighted by molar-refractivity contribution is -0.0574. The highest BCUT2D eigenvalue weighted by Crippen LogP contribution is 2.67.